The number of sulfonamides is 1. The molecular weight excluding hydrogens is 262 g/mol. The van der Waals surface area contributed by atoms with Crippen molar-refractivity contribution < 1.29 is 8.42 Å². The maximum Gasteiger partial charge on any atom is 0.229 e. The molecule has 1 fully saturated rings. The van der Waals surface area contributed by atoms with Crippen LogP contribution in [0.4, 0.5) is 17.1 Å². The van der Waals surface area contributed by atoms with E-state index in [1.807, 2.05) is 12.1 Å². The van der Waals surface area contributed by atoms with Crippen molar-refractivity contribution >= 4 is 27.1 Å². The summed E-state index contributed by atoms with van der Waals surface area (Å²) in [5.41, 5.74) is 7.79. The first-order valence-corrected chi connectivity index (χ1v) is 8.40. The van der Waals surface area contributed by atoms with Crippen LogP contribution in [0.1, 0.15) is 26.2 Å². The fraction of sp³-hybridized carbons (Fsp3) is 0.538. The van der Waals surface area contributed by atoms with Gasteiger partial charge in [0, 0.05) is 18.3 Å². The van der Waals surface area contributed by atoms with Gasteiger partial charge in [0.05, 0.1) is 17.6 Å². The summed E-state index contributed by atoms with van der Waals surface area (Å²) in [6, 6.07) is 5.80. The topological polar surface area (TPSA) is 75.4 Å². The molecule has 1 aromatic rings. The summed E-state index contributed by atoms with van der Waals surface area (Å²) in [6.45, 7) is 3.11. The Kier molecular flexibility index (Phi) is 3.89. The quantitative estimate of drug-likeness (QED) is 0.832. The second kappa shape index (κ2) is 5.28. The minimum atomic E-state index is -3.30. The number of hydrogen-bond acceptors (Lipinski definition) is 4. The van der Waals surface area contributed by atoms with Gasteiger partial charge in [-0.15, -0.1) is 0 Å². The van der Waals surface area contributed by atoms with Crippen molar-refractivity contribution in [3.63, 3.8) is 0 Å². The molecule has 0 unspecified atom stereocenters. The number of hydrogen-bond donors (Lipinski definition) is 2. The van der Waals surface area contributed by atoms with Gasteiger partial charge in [0.15, 0.2) is 0 Å². The summed E-state index contributed by atoms with van der Waals surface area (Å²) in [4.78, 5) is 2.25. The van der Waals surface area contributed by atoms with E-state index >= 15 is 0 Å². The van der Waals surface area contributed by atoms with Crippen LogP contribution in [0, 0.1) is 0 Å². The van der Waals surface area contributed by atoms with Gasteiger partial charge in [0.2, 0.25) is 10.0 Å². The number of nitrogens with zero attached hydrogens (tertiary/aromatic N) is 1. The number of anilines is 3. The van der Waals surface area contributed by atoms with E-state index in [1.165, 1.54) is 6.42 Å². The summed E-state index contributed by atoms with van der Waals surface area (Å²) < 4.78 is 25.5. The van der Waals surface area contributed by atoms with Crippen LogP contribution >= 0.6 is 0 Å². The highest BCUT2D eigenvalue weighted by atomic mass is 32.2. The standard InChI is InChI=1S/C13H21N3O2S/c1-10-5-3-4-8-16(10)13-7-6-11(14)9-12(13)15-19(2,17)18/h6-7,9-10,15H,3-5,8,14H2,1-2H3/t10-/m0/s1. The highest BCUT2D eigenvalue weighted by Gasteiger charge is 2.21. The molecule has 0 aromatic heterocycles. The molecule has 1 atom stereocenters. The Labute approximate surface area is 114 Å². The second-order valence-corrected chi connectivity index (χ2v) is 6.94. The number of piperidine rings is 1. The maximum atomic E-state index is 11.5. The van der Waals surface area contributed by atoms with Gasteiger partial charge in [-0.05, 0) is 44.4 Å². The number of nitrogens with one attached hydrogen (secondary N) is 1. The Morgan fingerprint density at radius 3 is 2.74 bits per heavy atom. The van der Waals surface area contributed by atoms with Crippen molar-refractivity contribution in [2.75, 3.05) is 28.2 Å². The van der Waals surface area contributed by atoms with Crippen LogP contribution in [-0.2, 0) is 10.0 Å². The average molecular weight is 283 g/mol. The third-order valence-corrected chi connectivity index (χ3v) is 4.02. The van der Waals surface area contributed by atoms with E-state index in [-0.39, 0.29) is 0 Å². The fourth-order valence-corrected chi connectivity index (χ4v) is 3.10. The third-order valence-electron chi connectivity index (χ3n) is 3.43. The van der Waals surface area contributed by atoms with Crippen LogP contribution in [0.3, 0.4) is 0 Å². The lowest BCUT2D eigenvalue weighted by atomic mass is 10.0. The smallest absolute Gasteiger partial charge is 0.229 e. The van der Waals surface area contributed by atoms with Gasteiger partial charge in [-0.25, -0.2) is 8.42 Å². The number of nitrogen functional groups attached to an aromatic ring is 1. The molecule has 0 amide bonds. The van der Waals surface area contributed by atoms with Crippen LogP contribution < -0.4 is 15.4 Å². The van der Waals surface area contributed by atoms with Gasteiger partial charge in [-0.3, -0.25) is 4.72 Å². The fourth-order valence-electron chi connectivity index (χ4n) is 2.54. The lowest BCUT2D eigenvalue weighted by Gasteiger charge is -2.36. The summed E-state index contributed by atoms with van der Waals surface area (Å²) in [5.74, 6) is 0. The van der Waals surface area contributed by atoms with Gasteiger partial charge >= 0.3 is 0 Å². The first kappa shape index (κ1) is 14.0. The largest absolute Gasteiger partial charge is 0.399 e. The summed E-state index contributed by atoms with van der Waals surface area (Å²) in [5, 5.41) is 0. The van der Waals surface area contributed by atoms with Crippen molar-refractivity contribution in [2.45, 2.75) is 32.2 Å². The predicted octanol–water partition coefficient (Wildman–Crippen LogP) is 2.02. The Morgan fingerprint density at radius 1 is 1.37 bits per heavy atom. The first-order valence-electron chi connectivity index (χ1n) is 6.51. The zero-order chi connectivity index (χ0) is 14.0. The number of benzene rings is 1. The van der Waals surface area contributed by atoms with E-state index in [2.05, 4.69) is 16.5 Å². The minimum Gasteiger partial charge on any atom is -0.399 e. The van der Waals surface area contributed by atoms with Gasteiger partial charge in [-0.1, -0.05) is 0 Å². The minimum absolute atomic E-state index is 0.414. The molecule has 1 aliphatic heterocycles. The molecule has 0 saturated carbocycles. The number of nitrogens with two attached hydrogens (primary N) is 1. The SMILES string of the molecule is C[C@H]1CCCCN1c1ccc(N)cc1NS(C)(=O)=O. The molecule has 106 valence electrons. The predicted molar refractivity (Wildman–Crippen MR) is 80.0 cm³/mol. The van der Waals surface area contributed by atoms with Crippen molar-refractivity contribution in [3.05, 3.63) is 18.2 Å². The third kappa shape index (κ3) is 3.53. The summed E-state index contributed by atoms with van der Waals surface area (Å²) >= 11 is 0. The van der Waals surface area contributed by atoms with E-state index in [4.69, 9.17) is 5.73 Å². The first-order chi connectivity index (χ1) is 8.87. The van der Waals surface area contributed by atoms with Crippen LogP contribution in [-0.4, -0.2) is 27.3 Å². The van der Waals surface area contributed by atoms with Crippen LogP contribution in [0.15, 0.2) is 18.2 Å². The van der Waals surface area contributed by atoms with E-state index in [9.17, 15) is 8.42 Å². The summed E-state index contributed by atoms with van der Waals surface area (Å²) in [6.07, 6.45) is 4.64. The van der Waals surface area contributed by atoms with Gasteiger partial charge in [0.25, 0.3) is 0 Å². The highest BCUT2D eigenvalue weighted by Crippen LogP contribution is 2.33. The molecule has 3 N–H and O–H groups in total. The molecular formula is C13H21N3O2S. The van der Waals surface area contributed by atoms with Crippen molar-refractivity contribution in [3.8, 4) is 0 Å². The molecule has 0 bridgehead atoms. The Balaban J connectivity index is 2.38. The van der Waals surface area contributed by atoms with Gasteiger partial charge in [0.1, 0.15) is 0 Å². The van der Waals surface area contributed by atoms with Crippen molar-refractivity contribution in [1.82, 2.24) is 0 Å². The molecule has 19 heavy (non-hydrogen) atoms. The van der Waals surface area contributed by atoms with Crippen molar-refractivity contribution in [1.29, 1.82) is 0 Å². The monoisotopic (exact) mass is 283 g/mol. The Bertz CT molecular complexity index is 557. The molecule has 0 radical (unpaired) electrons. The average Bonchev–Trinajstić information content (AvgIpc) is 2.28. The molecule has 1 heterocycles. The molecule has 2 rings (SSSR count). The van der Waals surface area contributed by atoms with Crippen molar-refractivity contribution in [2.24, 2.45) is 0 Å². The summed E-state index contributed by atoms with van der Waals surface area (Å²) in [7, 11) is -3.30. The van der Waals surface area contributed by atoms with Gasteiger partial charge in [-0.2, -0.15) is 0 Å². The van der Waals surface area contributed by atoms with E-state index in [1.54, 1.807) is 6.07 Å². The molecule has 1 aliphatic rings. The Hall–Kier alpha value is -1.43. The Morgan fingerprint density at radius 2 is 2.11 bits per heavy atom. The normalized spacial score (nSPS) is 20.3. The van der Waals surface area contributed by atoms with Crippen LogP contribution in [0.2, 0.25) is 0 Å². The molecule has 6 heteroatoms. The lowest BCUT2D eigenvalue weighted by Crippen LogP contribution is -2.38. The maximum absolute atomic E-state index is 11.5. The molecule has 0 aliphatic carbocycles. The second-order valence-electron chi connectivity index (χ2n) is 5.19. The number of rotatable bonds is 3. The van der Waals surface area contributed by atoms with Gasteiger partial charge < -0.3 is 10.6 Å². The van der Waals surface area contributed by atoms with E-state index < -0.39 is 10.0 Å². The lowest BCUT2D eigenvalue weighted by molar-refractivity contribution is 0.485. The molecule has 0 spiro atoms. The van der Waals surface area contributed by atoms with Crippen LogP contribution in [0.5, 0.6) is 0 Å². The van der Waals surface area contributed by atoms with Crippen LogP contribution in [0.25, 0.3) is 0 Å². The zero-order valence-electron chi connectivity index (χ0n) is 11.4. The molecule has 1 aromatic carbocycles. The molecule has 5 nitrogen and oxygen atoms in total. The highest BCUT2D eigenvalue weighted by molar-refractivity contribution is 7.92. The van der Waals surface area contributed by atoms with E-state index in [0.717, 1.165) is 31.3 Å². The molecule has 1 saturated heterocycles. The zero-order valence-corrected chi connectivity index (χ0v) is 12.2. The van der Waals surface area contributed by atoms with E-state index in [0.29, 0.717) is 17.4 Å².